The van der Waals surface area contributed by atoms with Crippen molar-refractivity contribution in [3.63, 3.8) is 0 Å². The van der Waals surface area contributed by atoms with E-state index in [2.05, 4.69) is 21.2 Å². The average Bonchev–Trinajstić information content (AvgIpc) is 2.41. The molecule has 0 saturated carbocycles. The van der Waals surface area contributed by atoms with Crippen molar-refractivity contribution in [2.24, 2.45) is 0 Å². The van der Waals surface area contributed by atoms with E-state index in [0.717, 1.165) is 12.1 Å². The van der Waals surface area contributed by atoms with Gasteiger partial charge in [-0.25, -0.2) is 9.18 Å². The second-order valence-corrected chi connectivity index (χ2v) is 5.34. The van der Waals surface area contributed by atoms with E-state index in [4.69, 9.17) is 16.7 Å². The quantitative estimate of drug-likeness (QED) is 0.849. The first kappa shape index (κ1) is 15.5. The van der Waals surface area contributed by atoms with Gasteiger partial charge in [0.05, 0.1) is 10.6 Å². The van der Waals surface area contributed by atoms with E-state index < -0.39 is 23.3 Å². The Labute approximate surface area is 132 Å². The third kappa shape index (κ3) is 3.59. The average molecular weight is 373 g/mol. The summed E-state index contributed by atoms with van der Waals surface area (Å²) in [6, 6.07) is 7.97. The van der Waals surface area contributed by atoms with Gasteiger partial charge in [0.15, 0.2) is 0 Å². The summed E-state index contributed by atoms with van der Waals surface area (Å²) in [6.45, 7) is 0. The van der Waals surface area contributed by atoms with Crippen molar-refractivity contribution in [1.82, 2.24) is 0 Å². The van der Waals surface area contributed by atoms with E-state index >= 15 is 0 Å². The zero-order valence-electron chi connectivity index (χ0n) is 10.4. The van der Waals surface area contributed by atoms with Gasteiger partial charge in [-0.05, 0) is 52.3 Å². The third-order valence-corrected chi connectivity index (χ3v) is 3.87. The van der Waals surface area contributed by atoms with Gasteiger partial charge in [-0.1, -0.05) is 11.6 Å². The number of hydrogen-bond donors (Lipinski definition) is 2. The van der Waals surface area contributed by atoms with Crippen LogP contribution in [0.3, 0.4) is 0 Å². The highest BCUT2D eigenvalue weighted by molar-refractivity contribution is 9.10. The Kier molecular flexibility index (Phi) is 4.59. The van der Waals surface area contributed by atoms with Crippen LogP contribution in [0.2, 0.25) is 5.02 Å². The predicted molar refractivity (Wildman–Crippen MR) is 80.5 cm³/mol. The molecule has 0 heterocycles. The van der Waals surface area contributed by atoms with Gasteiger partial charge < -0.3 is 10.4 Å². The number of aromatic carboxylic acids is 1. The van der Waals surface area contributed by atoms with Crippen LogP contribution in [0.1, 0.15) is 20.7 Å². The molecule has 21 heavy (non-hydrogen) atoms. The Morgan fingerprint density at radius 1 is 1.19 bits per heavy atom. The summed E-state index contributed by atoms with van der Waals surface area (Å²) in [5.41, 5.74) is -0.00727. The maximum atomic E-state index is 13.5. The number of amides is 1. The smallest absolute Gasteiger partial charge is 0.338 e. The molecule has 7 heteroatoms. The zero-order valence-corrected chi connectivity index (χ0v) is 12.7. The van der Waals surface area contributed by atoms with Crippen LogP contribution in [0.25, 0.3) is 0 Å². The minimum atomic E-state index is -1.37. The Hall–Kier alpha value is -1.92. The fourth-order valence-electron chi connectivity index (χ4n) is 1.61. The van der Waals surface area contributed by atoms with Crippen molar-refractivity contribution in [1.29, 1.82) is 0 Å². The van der Waals surface area contributed by atoms with Crippen molar-refractivity contribution in [3.05, 3.63) is 62.8 Å². The first-order valence-electron chi connectivity index (χ1n) is 5.67. The first-order chi connectivity index (χ1) is 9.88. The summed E-state index contributed by atoms with van der Waals surface area (Å²) in [5.74, 6) is -2.77. The number of rotatable bonds is 3. The lowest BCUT2D eigenvalue weighted by molar-refractivity contribution is 0.0692. The van der Waals surface area contributed by atoms with Gasteiger partial charge >= 0.3 is 5.97 Å². The number of anilines is 1. The highest BCUT2D eigenvalue weighted by Crippen LogP contribution is 2.24. The van der Waals surface area contributed by atoms with Gasteiger partial charge in [0.1, 0.15) is 5.82 Å². The highest BCUT2D eigenvalue weighted by Gasteiger charge is 2.13. The molecular weight excluding hydrogens is 365 g/mol. The molecule has 2 aromatic carbocycles. The van der Waals surface area contributed by atoms with E-state index in [0.29, 0.717) is 15.1 Å². The van der Waals surface area contributed by atoms with E-state index in [1.165, 1.54) is 12.1 Å². The molecule has 0 saturated heterocycles. The summed E-state index contributed by atoms with van der Waals surface area (Å²) in [6.07, 6.45) is 0. The maximum absolute atomic E-state index is 13.5. The molecule has 0 atom stereocenters. The Morgan fingerprint density at radius 3 is 2.48 bits per heavy atom. The molecule has 0 aliphatic rings. The molecule has 2 N–H and O–H groups in total. The van der Waals surface area contributed by atoms with Crippen molar-refractivity contribution in [2.75, 3.05) is 5.32 Å². The minimum Gasteiger partial charge on any atom is -0.478 e. The summed E-state index contributed by atoms with van der Waals surface area (Å²) in [4.78, 5) is 22.7. The van der Waals surface area contributed by atoms with Crippen LogP contribution < -0.4 is 5.32 Å². The monoisotopic (exact) mass is 371 g/mol. The second-order valence-electron chi connectivity index (χ2n) is 4.08. The molecule has 0 radical (unpaired) electrons. The molecule has 108 valence electrons. The number of carboxylic acid groups (broad SMARTS) is 1. The fraction of sp³-hybridized carbons (Fsp3) is 0. The molecule has 0 aliphatic carbocycles. The lowest BCUT2D eigenvalue weighted by Crippen LogP contribution is -2.12. The van der Waals surface area contributed by atoms with E-state index in [1.54, 1.807) is 12.1 Å². The van der Waals surface area contributed by atoms with Crippen LogP contribution in [-0.4, -0.2) is 17.0 Å². The second kappa shape index (κ2) is 6.24. The van der Waals surface area contributed by atoms with Gasteiger partial charge in [0, 0.05) is 15.7 Å². The number of hydrogen-bond acceptors (Lipinski definition) is 2. The predicted octanol–water partition coefficient (Wildman–Crippen LogP) is 4.19. The maximum Gasteiger partial charge on any atom is 0.338 e. The normalized spacial score (nSPS) is 10.2. The van der Waals surface area contributed by atoms with Crippen LogP contribution in [0.4, 0.5) is 10.1 Å². The van der Waals surface area contributed by atoms with E-state index in [9.17, 15) is 14.0 Å². The molecule has 2 rings (SSSR count). The van der Waals surface area contributed by atoms with Crippen LogP contribution in [0.15, 0.2) is 40.9 Å². The van der Waals surface area contributed by atoms with E-state index in [-0.39, 0.29) is 5.69 Å². The Balaban J connectivity index is 2.21. The fourth-order valence-corrected chi connectivity index (χ4v) is 2.03. The summed E-state index contributed by atoms with van der Waals surface area (Å²) in [7, 11) is 0. The Morgan fingerprint density at radius 2 is 1.90 bits per heavy atom. The van der Waals surface area contributed by atoms with Crippen molar-refractivity contribution < 1.29 is 19.1 Å². The van der Waals surface area contributed by atoms with Crippen LogP contribution in [-0.2, 0) is 0 Å². The van der Waals surface area contributed by atoms with Gasteiger partial charge in [-0.3, -0.25) is 4.79 Å². The molecule has 0 aromatic heterocycles. The highest BCUT2D eigenvalue weighted by atomic mass is 79.9. The number of halogens is 3. The number of carboxylic acids is 1. The van der Waals surface area contributed by atoms with Gasteiger partial charge in [-0.2, -0.15) is 0 Å². The van der Waals surface area contributed by atoms with E-state index in [1.807, 2.05) is 0 Å². The summed E-state index contributed by atoms with van der Waals surface area (Å²) >= 11 is 9.10. The molecule has 0 spiro atoms. The molecule has 0 unspecified atom stereocenters. The lowest BCUT2D eigenvalue weighted by Gasteiger charge is -2.07. The van der Waals surface area contributed by atoms with Crippen LogP contribution in [0, 0.1) is 5.82 Å². The van der Waals surface area contributed by atoms with Crippen molar-refractivity contribution in [3.8, 4) is 0 Å². The number of carbonyl (C=O) groups is 2. The topological polar surface area (TPSA) is 66.4 Å². The Bertz CT molecular complexity index is 736. The van der Waals surface area contributed by atoms with Crippen molar-refractivity contribution in [2.45, 2.75) is 0 Å². The standard InChI is InChI=1S/C14H8BrClFNO3/c15-10-4-1-7(5-11(10)16)13(19)18-8-2-3-9(14(20)21)12(17)6-8/h1-6H,(H,18,19)(H,20,21). The molecular formula is C14H8BrClFNO3. The van der Waals surface area contributed by atoms with Crippen molar-refractivity contribution >= 4 is 45.1 Å². The first-order valence-corrected chi connectivity index (χ1v) is 6.85. The zero-order chi connectivity index (χ0) is 15.6. The lowest BCUT2D eigenvalue weighted by atomic mass is 10.1. The summed E-state index contributed by atoms with van der Waals surface area (Å²) < 4.78 is 14.2. The molecule has 0 aliphatic heterocycles. The SMILES string of the molecule is O=C(Nc1ccc(C(=O)O)c(F)c1)c1ccc(Br)c(Cl)c1. The molecule has 2 aromatic rings. The van der Waals surface area contributed by atoms with Gasteiger partial charge in [0.2, 0.25) is 0 Å². The summed E-state index contributed by atoms with van der Waals surface area (Å²) in [5, 5.41) is 11.6. The number of nitrogens with one attached hydrogen (secondary N) is 1. The molecule has 0 bridgehead atoms. The van der Waals surface area contributed by atoms with Gasteiger partial charge in [0.25, 0.3) is 5.91 Å². The largest absolute Gasteiger partial charge is 0.478 e. The van der Waals surface area contributed by atoms with Gasteiger partial charge in [-0.15, -0.1) is 0 Å². The molecule has 4 nitrogen and oxygen atoms in total. The molecule has 0 fully saturated rings. The number of benzene rings is 2. The number of carbonyl (C=O) groups excluding carboxylic acids is 1. The van der Waals surface area contributed by atoms with Crippen LogP contribution >= 0.6 is 27.5 Å². The minimum absolute atomic E-state index is 0.154. The third-order valence-electron chi connectivity index (χ3n) is 2.64. The molecule has 1 amide bonds. The van der Waals surface area contributed by atoms with Crippen LogP contribution in [0.5, 0.6) is 0 Å².